The molecule has 7 nitrogen and oxygen atoms in total. The zero-order valence-electron chi connectivity index (χ0n) is 22.5. The quantitative estimate of drug-likeness (QED) is 0.147. The largest absolute Gasteiger partial charge is 0.460 e. The van der Waals surface area contributed by atoms with Crippen molar-refractivity contribution in [2.24, 2.45) is 0 Å². The van der Waals surface area contributed by atoms with Gasteiger partial charge in [-0.3, -0.25) is 9.59 Å². The van der Waals surface area contributed by atoms with Crippen molar-refractivity contribution in [3.63, 3.8) is 0 Å². The molecular formula is C30H29F3N4O3. The molecule has 0 amide bonds. The van der Waals surface area contributed by atoms with Gasteiger partial charge in [-0.05, 0) is 75.4 Å². The Bertz CT molecular complexity index is 1540. The lowest BCUT2D eigenvalue weighted by Crippen LogP contribution is -2.23. The van der Waals surface area contributed by atoms with E-state index in [4.69, 9.17) is 4.74 Å². The number of benzene rings is 2. The van der Waals surface area contributed by atoms with Crippen LogP contribution in [0.1, 0.15) is 51.2 Å². The second-order valence-corrected chi connectivity index (χ2v) is 10.4. The number of ether oxygens (including phenoxy) is 1. The minimum atomic E-state index is -1.57. The highest BCUT2D eigenvalue weighted by atomic mass is 19.2. The third kappa shape index (κ3) is 7.62. The van der Waals surface area contributed by atoms with Gasteiger partial charge in [0.15, 0.2) is 23.3 Å². The summed E-state index contributed by atoms with van der Waals surface area (Å²) in [7, 11) is 0. The number of esters is 1. The van der Waals surface area contributed by atoms with Crippen LogP contribution < -0.4 is 5.56 Å². The number of rotatable bonds is 9. The highest BCUT2D eigenvalue weighted by Gasteiger charge is 2.16. The summed E-state index contributed by atoms with van der Waals surface area (Å²) in [6.07, 6.45) is 6.10. The van der Waals surface area contributed by atoms with Crippen LogP contribution in [0, 0.1) is 17.5 Å². The van der Waals surface area contributed by atoms with Crippen molar-refractivity contribution in [2.75, 3.05) is 0 Å². The van der Waals surface area contributed by atoms with E-state index in [-0.39, 0.29) is 23.8 Å². The number of carbonyl (C=O) groups excluding carboxylic acids is 1. The summed E-state index contributed by atoms with van der Waals surface area (Å²) in [5.74, 6) is -3.95. The van der Waals surface area contributed by atoms with Gasteiger partial charge in [-0.2, -0.15) is 5.10 Å². The molecule has 2 aromatic carbocycles. The molecule has 4 rings (SSSR count). The van der Waals surface area contributed by atoms with Crippen molar-refractivity contribution in [2.45, 2.75) is 58.6 Å². The molecule has 4 aromatic rings. The van der Waals surface area contributed by atoms with Gasteiger partial charge in [0.25, 0.3) is 5.56 Å². The summed E-state index contributed by atoms with van der Waals surface area (Å²) < 4.78 is 47.2. The van der Waals surface area contributed by atoms with Crippen LogP contribution in [0.5, 0.6) is 0 Å². The molecule has 0 fully saturated rings. The number of aromatic nitrogens is 4. The molecule has 40 heavy (non-hydrogen) atoms. The molecular weight excluding hydrogens is 521 g/mol. The first-order chi connectivity index (χ1) is 19.0. The lowest BCUT2D eigenvalue weighted by atomic mass is 10.1. The van der Waals surface area contributed by atoms with E-state index >= 15 is 0 Å². The Morgan fingerprint density at radius 3 is 2.27 bits per heavy atom. The van der Waals surface area contributed by atoms with Gasteiger partial charge in [-0.15, -0.1) is 0 Å². The number of halogens is 3. The fourth-order valence-corrected chi connectivity index (χ4v) is 4.03. The third-order valence-electron chi connectivity index (χ3n) is 5.89. The lowest BCUT2D eigenvalue weighted by Gasteiger charge is -2.19. The average molecular weight is 551 g/mol. The molecule has 0 aliphatic rings. The van der Waals surface area contributed by atoms with Crippen molar-refractivity contribution in [3.8, 4) is 22.6 Å². The van der Waals surface area contributed by atoms with Crippen molar-refractivity contribution in [1.82, 2.24) is 19.7 Å². The second kappa shape index (κ2) is 12.2. The van der Waals surface area contributed by atoms with Crippen molar-refractivity contribution < 1.29 is 22.7 Å². The predicted octanol–water partition coefficient (Wildman–Crippen LogP) is 5.89. The van der Waals surface area contributed by atoms with Crippen LogP contribution in [0.15, 0.2) is 65.7 Å². The van der Waals surface area contributed by atoms with Crippen molar-refractivity contribution in [3.05, 3.63) is 99.9 Å². The summed E-state index contributed by atoms with van der Waals surface area (Å²) in [6.45, 7) is 5.62. The summed E-state index contributed by atoms with van der Waals surface area (Å²) in [5.41, 5.74) is 1.65. The monoisotopic (exact) mass is 550 g/mol. The van der Waals surface area contributed by atoms with E-state index in [1.807, 2.05) is 32.9 Å². The van der Waals surface area contributed by atoms with E-state index in [9.17, 15) is 22.8 Å². The summed E-state index contributed by atoms with van der Waals surface area (Å²) in [4.78, 5) is 33.2. The Kier molecular flexibility index (Phi) is 8.77. The van der Waals surface area contributed by atoms with Crippen LogP contribution in [0.2, 0.25) is 0 Å². The van der Waals surface area contributed by atoms with E-state index in [0.29, 0.717) is 18.7 Å². The number of hydrogen-bond acceptors (Lipinski definition) is 6. The smallest absolute Gasteiger partial charge is 0.306 e. The lowest BCUT2D eigenvalue weighted by molar-refractivity contribution is -0.154. The molecule has 0 atom stereocenters. The highest BCUT2D eigenvalue weighted by Crippen LogP contribution is 2.22. The van der Waals surface area contributed by atoms with Gasteiger partial charge in [0.2, 0.25) is 0 Å². The molecule has 208 valence electrons. The summed E-state index contributed by atoms with van der Waals surface area (Å²) in [5, 5.41) is 4.22. The fraction of sp³-hybridized carbons (Fsp3) is 0.300. The zero-order chi connectivity index (χ0) is 28.9. The topological polar surface area (TPSA) is 87.0 Å². The van der Waals surface area contributed by atoms with Gasteiger partial charge in [0.1, 0.15) is 5.60 Å². The zero-order valence-corrected chi connectivity index (χ0v) is 22.5. The number of unbranched alkanes of at least 4 members (excludes halogenated alkanes) is 1. The van der Waals surface area contributed by atoms with E-state index in [1.165, 1.54) is 12.1 Å². The Labute approximate surface area is 229 Å². The molecule has 0 saturated heterocycles. The summed E-state index contributed by atoms with van der Waals surface area (Å²) in [6, 6.07) is 11.5. The van der Waals surface area contributed by atoms with E-state index in [0.717, 1.165) is 46.3 Å². The van der Waals surface area contributed by atoms with E-state index < -0.39 is 28.6 Å². The van der Waals surface area contributed by atoms with Gasteiger partial charge in [-0.1, -0.05) is 18.2 Å². The molecule has 0 aliphatic carbocycles. The number of hydrogen-bond donors (Lipinski definition) is 0. The minimum Gasteiger partial charge on any atom is -0.460 e. The average Bonchev–Trinajstić information content (AvgIpc) is 2.90. The molecule has 0 bridgehead atoms. The van der Waals surface area contributed by atoms with Gasteiger partial charge in [0.05, 0.1) is 12.2 Å². The highest BCUT2D eigenvalue weighted by molar-refractivity contribution is 5.69. The molecule has 0 N–H and O–H groups in total. The first-order valence-corrected chi connectivity index (χ1v) is 12.8. The predicted molar refractivity (Wildman–Crippen MR) is 144 cm³/mol. The Morgan fingerprint density at radius 2 is 1.60 bits per heavy atom. The van der Waals surface area contributed by atoms with E-state index in [2.05, 4.69) is 15.1 Å². The number of carbonyl (C=O) groups is 1. The van der Waals surface area contributed by atoms with Gasteiger partial charge >= 0.3 is 5.97 Å². The van der Waals surface area contributed by atoms with Crippen LogP contribution >= 0.6 is 0 Å². The summed E-state index contributed by atoms with van der Waals surface area (Å²) >= 11 is 0. The molecule has 0 spiro atoms. The standard InChI is InChI=1S/C30H29F3N4O3/c1-30(2,3)40-27(39)10-5-4-7-20-16-34-29(35-17-20)21-9-6-8-19(13-21)18-37-26(38)12-11-25(36-37)22-14-23(31)28(33)24(32)15-22/h6,8-9,11-17H,4-5,7,10,18H2,1-3H3. The Hall–Kier alpha value is -4.34. The molecule has 2 heterocycles. The first kappa shape index (κ1) is 28.7. The second-order valence-electron chi connectivity index (χ2n) is 10.4. The van der Waals surface area contributed by atoms with Gasteiger partial charge in [0, 0.05) is 36.0 Å². The fourth-order valence-electron chi connectivity index (χ4n) is 4.03. The normalized spacial score (nSPS) is 11.4. The first-order valence-electron chi connectivity index (χ1n) is 12.8. The minimum absolute atomic E-state index is 0.0113. The molecule has 0 aliphatic heterocycles. The van der Waals surface area contributed by atoms with Crippen LogP contribution in [0.3, 0.4) is 0 Å². The van der Waals surface area contributed by atoms with Gasteiger partial charge < -0.3 is 4.74 Å². The number of aryl methyl sites for hydroxylation is 1. The van der Waals surface area contributed by atoms with Crippen molar-refractivity contribution >= 4 is 5.97 Å². The van der Waals surface area contributed by atoms with E-state index in [1.54, 1.807) is 24.5 Å². The maximum absolute atomic E-state index is 13.7. The van der Waals surface area contributed by atoms with Crippen LogP contribution in [0.25, 0.3) is 22.6 Å². The third-order valence-corrected chi connectivity index (χ3v) is 5.89. The molecule has 2 aromatic heterocycles. The maximum Gasteiger partial charge on any atom is 0.306 e. The molecule has 0 unspecified atom stereocenters. The van der Waals surface area contributed by atoms with Gasteiger partial charge in [-0.25, -0.2) is 27.8 Å². The molecule has 0 saturated carbocycles. The Balaban J connectivity index is 1.41. The Morgan fingerprint density at radius 1 is 0.900 bits per heavy atom. The van der Waals surface area contributed by atoms with Crippen LogP contribution in [-0.2, 0) is 22.5 Å². The maximum atomic E-state index is 13.7. The molecule has 0 radical (unpaired) electrons. The SMILES string of the molecule is CC(C)(C)OC(=O)CCCCc1cnc(-c2cccc(Cn3nc(-c4cc(F)c(F)c(F)c4)ccc3=O)c2)nc1. The number of nitrogens with zero attached hydrogens (tertiary/aromatic N) is 4. The van der Waals surface area contributed by atoms with Crippen LogP contribution in [0.4, 0.5) is 13.2 Å². The van der Waals surface area contributed by atoms with Crippen LogP contribution in [-0.4, -0.2) is 31.3 Å². The van der Waals surface area contributed by atoms with Crippen molar-refractivity contribution in [1.29, 1.82) is 0 Å². The molecule has 10 heteroatoms.